The molecule has 3 rings (SSSR count). The Morgan fingerprint density at radius 1 is 1.24 bits per heavy atom. The Kier molecular flexibility index (Phi) is 4.81. The first-order valence-electron chi connectivity index (χ1n) is 8.16. The number of ether oxygens (including phenoxy) is 2. The average Bonchev–Trinajstić information content (AvgIpc) is 2.78. The van der Waals surface area contributed by atoms with Gasteiger partial charge in [0.1, 0.15) is 0 Å². The van der Waals surface area contributed by atoms with Gasteiger partial charge in [0.15, 0.2) is 11.5 Å². The van der Waals surface area contributed by atoms with Gasteiger partial charge in [-0.15, -0.1) is 0 Å². The van der Waals surface area contributed by atoms with Crippen molar-refractivity contribution in [3.05, 3.63) is 29.8 Å². The first kappa shape index (κ1) is 14.5. The Morgan fingerprint density at radius 2 is 2.10 bits per heavy atom. The molecule has 2 atom stereocenters. The van der Waals surface area contributed by atoms with Crippen LogP contribution in [0.4, 0.5) is 0 Å². The summed E-state index contributed by atoms with van der Waals surface area (Å²) in [5, 5.41) is 3.58. The summed E-state index contributed by atoms with van der Waals surface area (Å²) in [4.78, 5) is 0. The molecule has 3 nitrogen and oxygen atoms in total. The number of piperidine rings is 1. The maximum absolute atomic E-state index is 5.74. The minimum atomic E-state index is 0.500. The van der Waals surface area contributed by atoms with Crippen LogP contribution in [-0.4, -0.2) is 25.8 Å². The van der Waals surface area contributed by atoms with E-state index in [-0.39, 0.29) is 0 Å². The molecule has 0 spiro atoms. The van der Waals surface area contributed by atoms with E-state index in [0.29, 0.717) is 6.04 Å². The highest BCUT2D eigenvalue weighted by atomic mass is 16.5. The van der Waals surface area contributed by atoms with E-state index in [1.807, 2.05) is 6.07 Å². The van der Waals surface area contributed by atoms with Crippen molar-refractivity contribution in [1.29, 1.82) is 0 Å². The fourth-order valence-electron chi connectivity index (χ4n) is 3.06. The zero-order chi connectivity index (χ0) is 14.5. The molecule has 114 valence electrons. The fourth-order valence-corrected chi connectivity index (χ4v) is 3.06. The van der Waals surface area contributed by atoms with Crippen molar-refractivity contribution in [2.75, 3.05) is 19.8 Å². The molecule has 2 aliphatic heterocycles. The predicted molar refractivity (Wildman–Crippen MR) is 85.9 cm³/mol. The average molecular weight is 287 g/mol. The Balaban J connectivity index is 1.67. The molecule has 1 aromatic carbocycles. The number of fused-ring (bicyclic) bond motifs is 1. The van der Waals surface area contributed by atoms with Gasteiger partial charge in [-0.25, -0.2) is 0 Å². The molecule has 21 heavy (non-hydrogen) atoms. The molecule has 0 saturated carbocycles. The summed E-state index contributed by atoms with van der Waals surface area (Å²) >= 11 is 0. The first-order chi connectivity index (χ1) is 10.3. The largest absolute Gasteiger partial charge is 0.490 e. The summed E-state index contributed by atoms with van der Waals surface area (Å²) in [6.07, 6.45) is 9.29. The summed E-state index contributed by atoms with van der Waals surface area (Å²) in [7, 11) is 0. The molecule has 0 bridgehead atoms. The van der Waals surface area contributed by atoms with E-state index in [4.69, 9.17) is 9.47 Å². The van der Waals surface area contributed by atoms with Crippen molar-refractivity contribution >= 4 is 6.08 Å². The molecular weight excluding hydrogens is 262 g/mol. The van der Waals surface area contributed by atoms with Crippen LogP contribution in [0.25, 0.3) is 6.08 Å². The van der Waals surface area contributed by atoms with Crippen LogP contribution in [-0.2, 0) is 0 Å². The normalized spacial score (nSPS) is 25.8. The minimum Gasteiger partial charge on any atom is -0.490 e. The highest BCUT2D eigenvalue weighted by Crippen LogP contribution is 2.31. The van der Waals surface area contributed by atoms with Crippen LogP contribution in [0.5, 0.6) is 11.5 Å². The van der Waals surface area contributed by atoms with E-state index < -0.39 is 0 Å². The van der Waals surface area contributed by atoms with Crippen LogP contribution in [0.3, 0.4) is 0 Å². The second kappa shape index (κ2) is 6.99. The summed E-state index contributed by atoms with van der Waals surface area (Å²) in [5.41, 5.74) is 1.18. The number of rotatable bonds is 3. The lowest BCUT2D eigenvalue weighted by molar-refractivity contribution is 0.297. The molecule has 1 aromatic rings. The van der Waals surface area contributed by atoms with E-state index in [9.17, 15) is 0 Å². The number of hydrogen-bond acceptors (Lipinski definition) is 3. The topological polar surface area (TPSA) is 30.5 Å². The van der Waals surface area contributed by atoms with Crippen LogP contribution in [0.1, 0.15) is 38.2 Å². The predicted octanol–water partition coefficient (Wildman–Crippen LogP) is 3.64. The van der Waals surface area contributed by atoms with Crippen LogP contribution in [0.15, 0.2) is 24.3 Å². The molecule has 2 unspecified atom stereocenters. The third-order valence-electron chi connectivity index (χ3n) is 4.42. The Morgan fingerprint density at radius 3 is 2.95 bits per heavy atom. The lowest BCUT2D eigenvalue weighted by Crippen LogP contribution is -2.36. The molecule has 2 aliphatic rings. The lowest BCUT2D eigenvalue weighted by atomic mass is 9.90. The van der Waals surface area contributed by atoms with E-state index in [1.165, 1.54) is 24.8 Å². The van der Waals surface area contributed by atoms with Crippen molar-refractivity contribution in [2.45, 2.75) is 38.6 Å². The van der Waals surface area contributed by atoms with Gasteiger partial charge in [-0.1, -0.05) is 31.6 Å². The smallest absolute Gasteiger partial charge is 0.161 e. The standard InChI is InChI=1S/C18H25NO2/c1-2-14-8-9-19-16(12-14)6-4-15-5-7-17-18(13-15)21-11-3-10-20-17/h4-7,13-14,16,19H,2-3,8-12H2,1H3/b6-4+. The van der Waals surface area contributed by atoms with Crippen molar-refractivity contribution in [3.8, 4) is 11.5 Å². The highest BCUT2D eigenvalue weighted by Gasteiger charge is 2.17. The van der Waals surface area contributed by atoms with Gasteiger partial charge in [-0.3, -0.25) is 0 Å². The molecule has 3 heteroatoms. The van der Waals surface area contributed by atoms with Gasteiger partial charge < -0.3 is 14.8 Å². The Hall–Kier alpha value is -1.48. The maximum Gasteiger partial charge on any atom is 0.161 e. The van der Waals surface area contributed by atoms with Gasteiger partial charge in [-0.2, -0.15) is 0 Å². The number of nitrogens with one attached hydrogen (secondary N) is 1. The molecule has 1 fully saturated rings. The third kappa shape index (κ3) is 3.79. The van der Waals surface area contributed by atoms with E-state index >= 15 is 0 Å². The fraction of sp³-hybridized carbons (Fsp3) is 0.556. The third-order valence-corrected chi connectivity index (χ3v) is 4.42. The summed E-state index contributed by atoms with van der Waals surface area (Å²) in [5.74, 6) is 2.61. The van der Waals surface area contributed by atoms with E-state index in [2.05, 4.69) is 36.5 Å². The summed E-state index contributed by atoms with van der Waals surface area (Å²) in [6, 6.07) is 6.70. The number of benzene rings is 1. The van der Waals surface area contributed by atoms with Crippen LogP contribution in [0.2, 0.25) is 0 Å². The lowest BCUT2D eigenvalue weighted by Gasteiger charge is -2.27. The monoisotopic (exact) mass is 287 g/mol. The van der Waals surface area contributed by atoms with Crippen molar-refractivity contribution in [3.63, 3.8) is 0 Å². The van der Waals surface area contributed by atoms with Gasteiger partial charge in [-0.05, 0) is 43.0 Å². The molecule has 0 aliphatic carbocycles. The van der Waals surface area contributed by atoms with Gasteiger partial charge in [0.2, 0.25) is 0 Å². The van der Waals surface area contributed by atoms with Crippen LogP contribution in [0, 0.1) is 5.92 Å². The second-order valence-corrected chi connectivity index (χ2v) is 5.98. The van der Waals surface area contributed by atoms with Crippen molar-refractivity contribution in [1.82, 2.24) is 5.32 Å². The quantitative estimate of drug-likeness (QED) is 0.920. The molecule has 0 amide bonds. The minimum absolute atomic E-state index is 0.500. The van der Waals surface area contributed by atoms with Gasteiger partial charge in [0.05, 0.1) is 13.2 Å². The number of hydrogen-bond donors (Lipinski definition) is 1. The molecular formula is C18H25NO2. The van der Waals surface area contributed by atoms with E-state index in [0.717, 1.165) is 43.6 Å². The Labute approximate surface area is 127 Å². The van der Waals surface area contributed by atoms with Gasteiger partial charge in [0.25, 0.3) is 0 Å². The van der Waals surface area contributed by atoms with Crippen molar-refractivity contribution < 1.29 is 9.47 Å². The highest BCUT2D eigenvalue weighted by molar-refractivity contribution is 5.56. The van der Waals surface area contributed by atoms with Crippen molar-refractivity contribution in [2.24, 2.45) is 5.92 Å². The maximum atomic E-state index is 5.74. The molecule has 2 heterocycles. The summed E-state index contributed by atoms with van der Waals surface area (Å²) < 4.78 is 11.4. The second-order valence-electron chi connectivity index (χ2n) is 5.98. The molecule has 0 radical (unpaired) electrons. The molecule has 0 aromatic heterocycles. The van der Waals surface area contributed by atoms with Crippen LogP contribution < -0.4 is 14.8 Å². The molecule has 1 N–H and O–H groups in total. The van der Waals surface area contributed by atoms with Gasteiger partial charge >= 0.3 is 0 Å². The summed E-state index contributed by atoms with van der Waals surface area (Å²) in [6.45, 7) is 4.91. The molecule has 1 saturated heterocycles. The van der Waals surface area contributed by atoms with Crippen LogP contribution >= 0.6 is 0 Å². The van der Waals surface area contributed by atoms with E-state index in [1.54, 1.807) is 0 Å². The Bertz CT molecular complexity index is 498. The zero-order valence-corrected chi connectivity index (χ0v) is 12.8. The SMILES string of the molecule is CCC1CCNC(/C=C/c2ccc3c(c2)OCCCO3)C1. The van der Waals surface area contributed by atoms with Gasteiger partial charge in [0, 0.05) is 12.5 Å². The first-order valence-corrected chi connectivity index (χ1v) is 8.16. The zero-order valence-electron chi connectivity index (χ0n) is 12.8.